The second-order valence-corrected chi connectivity index (χ2v) is 5.25. The third-order valence-corrected chi connectivity index (χ3v) is 3.54. The second-order valence-electron chi connectivity index (χ2n) is 4.81. The third-order valence-electron chi connectivity index (χ3n) is 3.31. The maximum Gasteiger partial charge on any atom is 0.275 e. The van der Waals surface area contributed by atoms with Gasteiger partial charge in [-0.2, -0.15) is 5.10 Å². The Balaban J connectivity index is 2.21. The molecule has 25 heavy (non-hydrogen) atoms. The highest BCUT2D eigenvalue weighted by molar-refractivity contribution is 6.31. The zero-order chi connectivity index (χ0) is 18.4. The van der Waals surface area contributed by atoms with Gasteiger partial charge in [-0.25, -0.2) is 5.43 Å². The minimum absolute atomic E-state index is 0.0175. The summed E-state index contributed by atoms with van der Waals surface area (Å²) >= 11 is 5.82. The van der Waals surface area contributed by atoms with E-state index in [-0.39, 0.29) is 11.3 Å². The normalized spacial score (nSPS) is 10.6. The van der Waals surface area contributed by atoms with Crippen molar-refractivity contribution >= 4 is 23.7 Å². The Labute approximate surface area is 149 Å². The van der Waals surface area contributed by atoms with Crippen molar-refractivity contribution in [3.8, 4) is 23.0 Å². The highest BCUT2D eigenvalue weighted by Gasteiger charge is 2.12. The van der Waals surface area contributed by atoms with Crippen molar-refractivity contribution in [3.63, 3.8) is 0 Å². The first kappa shape index (κ1) is 18.4. The van der Waals surface area contributed by atoms with Gasteiger partial charge in [0.05, 0.1) is 33.1 Å². The topological polar surface area (TPSA) is 89.4 Å². The van der Waals surface area contributed by atoms with Crippen molar-refractivity contribution in [3.05, 3.63) is 46.5 Å². The number of methoxy groups -OCH3 is 3. The minimum atomic E-state index is -0.601. The van der Waals surface area contributed by atoms with Crippen LogP contribution in [0.15, 0.2) is 35.4 Å². The van der Waals surface area contributed by atoms with Crippen LogP contribution in [0.2, 0.25) is 5.02 Å². The molecule has 7 nitrogen and oxygen atoms in total. The van der Waals surface area contributed by atoms with Crippen molar-refractivity contribution < 1.29 is 24.1 Å². The summed E-state index contributed by atoms with van der Waals surface area (Å²) in [4.78, 5) is 12.1. The molecule has 2 aromatic carbocycles. The van der Waals surface area contributed by atoms with Crippen LogP contribution in [0, 0.1) is 0 Å². The minimum Gasteiger partial charge on any atom is -0.507 e. The highest BCUT2D eigenvalue weighted by Crippen LogP contribution is 2.33. The van der Waals surface area contributed by atoms with Crippen LogP contribution in [0.1, 0.15) is 15.9 Å². The van der Waals surface area contributed by atoms with Gasteiger partial charge in [0, 0.05) is 16.7 Å². The number of hydrogen-bond acceptors (Lipinski definition) is 6. The molecule has 0 saturated carbocycles. The van der Waals surface area contributed by atoms with Gasteiger partial charge < -0.3 is 19.3 Å². The maximum atomic E-state index is 12.1. The summed E-state index contributed by atoms with van der Waals surface area (Å²) in [6.45, 7) is 0. The molecular formula is C17H17ClN2O5. The van der Waals surface area contributed by atoms with E-state index in [9.17, 15) is 9.90 Å². The van der Waals surface area contributed by atoms with E-state index < -0.39 is 5.91 Å². The van der Waals surface area contributed by atoms with E-state index in [1.165, 1.54) is 45.7 Å². The lowest BCUT2D eigenvalue weighted by Crippen LogP contribution is -2.17. The molecule has 0 aliphatic carbocycles. The van der Waals surface area contributed by atoms with E-state index >= 15 is 0 Å². The van der Waals surface area contributed by atoms with Gasteiger partial charge in [0.1, 0.15) is 11.5 Å². The molecule has 2 aromatic rings. The molecule has 8 heteroatoms. The molecule has 0 aromatic heterocycles. The summed E-state index contributed by atoms with van der Waals surface area (Å²) in [6, 6.07) is 7.46. The Kier molecular flexibility index (Phi) is 6.08. The van der Waals surface area contributed by atoms with Gasteiger partial charge in [-0.1, -0.05) is 11.6 Å². The molecule has 0 unspecified atom stereocenters. The summed E-state index contributed by atoms with van der Waals surface area (Å²) in [5.74, 6) is 0.686. The highest BCUT2D eigenvalue weighted by atomic mass is 35.5. The van der Waals surface area contributed by atoms with Crippen LogP contribution >= 0.6 is 11.6 Å². The fourth-order valence-electron chi connectivity index (χ4n) is 2.06. The van der Waals surface area contributed by atoms with E-state index in [2.05, 4.69) is 10.5 Å². The molecule has 0 spiro atoms. The molecule has 0 bridgehead atoms. The zero-order valence-electron chi connectivity index (χ0n) is 13.9. The smallest absolute Gasteiger partial charge is 0.275 e. The summed E-state index contributed by atoms with van der Waals surface area (Å²) in [5.41, 5.74) is 2.90. The number of benzene rings is 2. The summed E-state index contributed by atoms with van der Waals surface area (Å²) in [6.07, 6.45) is 1.39. The van der Waals surface area contributed by atoms with Gasteiger partial charge in [-0.05, 0) is 24.3 Å². The van der Waals surface area contributed by atoms with Crippen molar-refractivity contribution in [1.29, 1.82) is 0 Å². The van der Waals surface area contributed by atoms with Crippen LogP contribution < -0.4 is 19.6 Å². The quantitative estimate of drug-likeness (QED) is 0.607. The predicted molar refractivity (Wildman–Crippen MR) is 94.3 cm³/mol. The monoisotopic (exact) mass is 364 g/mol. The average molecular weight is 365 g/mol. The molecule has 0 atom stereocenters. The molecule has 1 amide bonds. The van der Waals surface area contributed by atoms with Crippen LogP contribution in [0.3, 0.4) is 0 Å². The van der Waals surface area contributed by atoms with Gasteiger partial charge in [-0.3, -0.25) is 4.79 Å². The Bertz CT molecular complexity index is 808. The number of nitrogens with zero attached hydrogens (tertiary/aromatic N) is 1. The number of halogens is 1. The predicted octanol–water partition coefficient (Wildman–Crippen LogP) is 2.84. The van der Waals surface area contributed by atoms with Crippen molar-refractivity contribution in [2.24, 2.45) is 5.10 Å². The summed E-state index contributed by atoms with van der Waals surface area (Å²) in [7, 11) is 4.53. The van der Waals surface area contributed by atoms with Crippen LogP contribution in [0.25, 0.3) is 0 Å². The van der Waals surface area contributed by atoms with E-state index in [1.807, 2.05) is 0 Å². The molecular weight excluding hydrogens is 348 g/mol. The van der Waals surface area contributed by atoms with E-state index in [0.717, 1.165) is 0 Å². The van der Waals surface area contributed by atoms with E-state index in [4.69, 9.17) is 25.8 Å². The Hall–Kier alpha value is -2.93. The van der Waals surface area contributed by atoms with Crippen LogP contribution in [-0.4, -0.2) is 38.6 Å². The van der Waals surface area contributed by atoms with Gasteiger partial charge in [0.15, 0.2) is 11.5 Å². The number of hydrogen-bond donors (Lipinski definition) is 2. The average Bonchev–Trinajstić information content (AvgIpc) is 2.62. The molecule has 0 heterocycles. The van der Waals surface area contributed by atoms with Gasteiger partial charge in [-0.15, -0.1) is 0 Å². The van der Waals surface area contributed by atoms with E-state index in [1.54, 1.807) is 12.1 Å². The number of ether oxygens (including phenoxy) is 3. The number of nitrogens with one attached hydrogen (secondary N) is 1. The van der Waals surface area contributed by atoms with Crippen LogP contribution in [-0.2, 0) is 0 Å². The fourth-order valence-corrected chi connectivity index (χ4v) is 2.24. The number of carbonyl (C=O) groups excluding carboxylic acids is 1. The standard InChI is InChI=1S/C17H17ClN2O5/c1-23-14-8-16(25-3)15(24-2)6-10(14)9-19-20-17(22)12-7-11(18)4-5-13(12)21/h4-9,21H,1-3H3,(H,20,22)/b19-9-. The molecule has 0 aliphatic heterocycles. The molecule has 0 saturated heterocycles. The Morgan fingerprint density at radius 3 is 2.36 bits per heavy atom. The second kappa shape index (κ2) is 8.25. The SMILES string of the molecule is COc1cc(OC)c(OC)cc1/C=N\NC(=O)c1cc(Cl)ccc1O. The maximum absolute atomic E-state index is 12.1. The van der Waals surface area contributed by atoms with Gasteiger partial charge >= 0.3 is 0 Å². The lowest BCUT2D eigenvalue weighted by Gasteiger charge is -2.11. The molecule has 0 aliphatic rings. The largest absolute Gasteiger partial charge is 0.507 e. The molecule has 132 valence electrons. The first-order valence-corrected chi connectivity index (χ1v) is 7.50. The molecule has 2 rings (SSSR count). The van der Waals surface area contributed by atoms with Crippen LogP contribution in [0.5, 0.6) is 23.0 Å². The Morgan fingerprint density at radius 1 is 1.08 bits per heavy atom. The molecule has 0 radical (unpaired) electrons. The van der Waals surface area contributed by atoms with Crippen molar-refractivity contribution in [1.82, 2.24) is 5.43 Å². The number of hydrazone groups is 1. The number of phenols is 1. The van der Waals surface area contributed by atoms with E-state index in [0.29, 0.717) is 27.8 Å². The zero-order valence-corrected chi connectivity index (χ0v) is 14.6. The summed E-state index contributed by atoms with van der Waals surface area (Å²) < 4.78 is 15.7. The number of amides is 1. The summed E-state index contributed by atoms with van der Waals surface area (Å²) in [5, 5.41) is 13.9. The lowest BCUT2D eigenvalue weighted by atomic mass is 10.2. The van der Waals surface area contributed by atoms with Crippen LogP contribution in [0.4, 0.5) is 0 Å². The number of phenolic OH excluding ortho intramolecular Hbond substituents is 1. The van der Waals surface area contributed by atoms with Gasteiger partial charge in [0.2, 0.25) is 0 Å². The third kappa shape index (κ3) is 4.33. The molecule has 2 N–H and O–H groups in total. The fraction of sp³-hybridized carbons (Fsp3) is 0.176. The number of carbonyl (C=O) groups is 1. The first-order valence-electron chi connectivity index (χ1n) is 7.12. The number of aromatic hydroxyl groups is 1. The lowest BCUT2D eigenvalue weighted by molar-refractivity contribution is 0.0952. The Morgan fingerprint density at radius 2 is 1.72 bits per heavy atom. The first-order chi connectivity index (χ1) is 12.0. The van der Waals surface area contributed by atoms with Crippen molar-refractivity contribution in [2.45, 2.75) is 0 Å². The van der Waals surface area contributed by atoms with Crippen molar-refractivity contribution in [2.75, 3.05) is 21.3 Å². The number of rotatable bonds is 6. The van der Waals surface area contributed by atoms with Gasteiger partial charge in [0.25, 0.3) is 5.91 Å². The molecule has 0 fully saturated rings.